The number of morpholine rings is 1. The van der Waals surface area contributed by atoms with Gasteiger partial charge in [0, 0.05) is 24.7 Å². The van der Waals surface area contributed by atoms with Crippen molar-refractivity contribution in [1.29, 1.82) is 0 Å². The number of halogens is 1. The standard InChI is InChI=1S/C16H20FNO3/c17-13-9-11(16(19)20)5-6-12(13)10-18-7-8-21-15-4-2-1-3-14(15)18/h5-6,9,14-15H,1-4,7-8,10H2,(H,19,20). The molecule has 2 aliphatic rings. The van der Waals surface area contributed by atoms with Gasteiger partial charge in [-0.15, -0.1) is 0 Å². The Balaban J connectivity index is 1.74. The van der Waals surface area contributed by atoms with Gasteiger partial charge in [-0.25, -0.2) is 9.18 Å². The third-order valence-electron chi connectivity index (χ3n) is 4.52. The van der Waals surface area contributed by atoms with E-state index in [0.717, 1.165) is 25.5 Å². The number of aromatic carboxylic acids is 1. The lowest BCUT2D eigenvalue weighted by atomic mass is 9.90. The van der Waals surface area contributed by atoms with Crippen LogP contribution in [0.25, 0.3) is 0 Å². The molecule has 5 heteroatoms. The van der Waals surface area contributed by atoms with Crippen molar-refractivity contribution in [3.8, 4) is 0 Å². The van der Waals surface area contributed by atoms with Crippen molar-refractivity contribution in [3.63, 3.8) is 0 Å². The van der Waals surface area contributed by atoms with E-state index in [9.17, 15) is 9.18 Å². The van der Waals surface area contributed by atoms with Crippen LogP contribution in [0.3, 0.4) is 0 Å². The highest BCUT2D eigenvalue weighted by Crippen LogP contribution is 2.29. The Hall–Kier alpha value is -1.46. The number of benzene rings is 1. The van der Waals surface area contributed by atoms with Crippen LogP contribution in [0.4, 0.5) is 4.39 Å². The number of carboxylic acids is 1. The first-order valence-corrected chi connectivity index (χ1v) is 7.52. The molecule has 2 fully saturated rings. The smallest absolute Gasteiger partial charge is 0.335 e. The zero-order chi connectivity index (χ0) is 14.8. The second kappa shape index (κ2) is 6.12. The summed E-state index contributed by atoms with van der Waals surface area (Å²) in [7, 11) is 0. The minimum absolute atomic E-state index is 0.00577. The van der Waals surface area contributed by atoms with Gasteiger partial charge in [0.05, 0.1) is 18.3 Å². The highest BCUT2D eigenvalue weighted by molar-refractivity contribution is 5.87. The molecular formula is C16H20FNO3. The summed E-state index contributed by atoms with van der Waals surface area (Å²) in [4.78, 5) is 13.1. The number of nitrogens with zero attached hydrogens (tertiary/aromatic N) is 1. The van der Waals surface area contributed by atoms with Crippen molar-refractivity contribution >= 4 is 5.97 Å². The Morgan fingerprint density at radius 3 is 2.95 bits per heavy atom. The van der Waals surface area contributed by atoms with Crippen LogP contribution < -0.4 is 0 Å². The molecular weight excluding hydrogens is 273 g/mol. The summed E-state index contributed by atoms with van der Waals surface area (Å²) in [6.07, 6.45) is 4.85. The second-order valence-corrected chi connectivity index (χ2v) is 5.84. The highest BCUT2D eigenvalue weighted by atomic mass is 19.1. The molecule has 1 saturated carbocycles. The summed E-state index contributed by atoms with van der Waals surface area (Å²) < 4.78 is 19.9. The monoisotopic (exact) mass is 293 g/mol. The van der Waals surface area contributed by atoms with Gasteiger partial charge in [0.15, 0.2) is 0 Å². The topological polar surface area (TPSA) is 49.8 Å². The van der Waals surface area contributed by atoms with Gasteiger partial charge in [-0.2, -0.15) is 0 Å². The van der Waals surface area contributed by atoms with Crippen LogP contribution in [0.15, 0.2) is 18.2 Å². The van der Waals surface area contributed by atoms with Gasteiger partial charge in [0.25, 0.3) is 0 Å². The van der Waals surface area contributed by atoms with Crippen LogP contribution >= 0.6 is 0 Å². The Morgan fingerprint density at radius 2 is 2.19 bits per heavy atom. The quantitative estimate of drug-likeness (QED) is 0.931. The molecule has 4 nitrogen and oxygen atoms in total. The summed E-state index contributed by atoms with van der Waals surface area (Å²) in [5.41, 5.74) is 0.556. The number of hydrogen-bond acceptors (Lipinski definition) is 3. The van der Waals surface area contributed by atoms with Crippen LogP contribution in [0, 0.1) is 5.82 Å². The van der Waals surface area contributed by atoms with Gasteiger partial charge >= 0.3 is 5.97 Å². The fourth-order valence-electron chi connectivity index (χ4n) is 3.40. The van der Waals surface area contributed by atoms with Crippen LogP contribution in [-0.4, -0.2) is 41.3 Å². The van der Waals surface area contributed by atoms with E-state index in [0.29, 0.717) is 24.8 Å². The van der Waals surface area contributed by atoms with Crippen molar-refractivity contribution < 1.29 is 19.0 Å². The first-order chi connectivity index (χ1) is 10.1. The summed E-state index contributed by atoms with van der Waals surface area (Å²) in [6.45, 7) is 2.02. The van der Waals surface area contributed by atoms with Crippen LogP contribution in [0.5, 0.6) is 0 Å². The molecule has 21 heavy (non-hydrogen) atoms. The fraction of sp³-hybridized carbons (Fsp3) is 0.562. The average molecular weight is 293 g/mol. The average Bonchev–Trinajstić information content (AvgIpc) is 2.49. The van der Waals surface area contributed by atoms with E-state index >= 15 is 0 Å². The molecule has 3 rings (SSSR count). The summed E-state index contributed by atoms with van der Waals surface area (Å²) in [5.74, 6) is -1.53. The molecule has 0 spiro atoms. The second-order valence-electron chi connectivity index (χ2n) is 5.84. The number of hydrogen-bond donors (Lipinski definition) is 1. The van der Waals surface area contributed by atoms with Gasteiger partial charge in [0.2, 0.25) is 0 Å². The maximum atomic E-state index is 14.1. The van der Waals surface area contributed by atoms with Crippen molar-refractivity contribution in [2.24, 2.45) is 0 Å². The zero-order valence-corrected chi connectivity index (χ0v) is 11.9. The van der Waals surface area contributed by atoms with Gasteiger partial charge in [0.1, 0.15) is 5.82 Å². The fourth-order valence-corrected chi connectivity index (χ4v) is 3.40. The lowest BCUT2D eigenvalue weighted by Crippen LogP contribution is -2.52. The Bertz CT molecular complexity index is 532. The molecule has 1 aromatic rings. The molecule has 2 atom stereocenters. The minimum atomic E-state index is -1.10. The first-order valence-electron chi connectivity index (χ1n) is 7.52. The predicted octanol–water partition coefficient (Wildman–Crippen LogP) is 2.67. The first kappa shape index (κ1) is 14.5. The van der Waals surface area contributed by atoms with Crippen molar-refractivity contribution in [3.05, 3.63) is 35.1 Å². The van der Waals surface area contributed by atoms with Crippen molar-refractivity contribution in [1.82, 2.24) is 4.90 Å². The lowest BCUT2D eigenvalue weighted by molar-refractivity contribution is -0.0913. The Labute approximate surface area is 123 Å². The number of fused-ring (bicyclic) bond motifs is 1. The minimum Gasteiger partial charge on any atom is -0.478 e. The summed E-state index contributed by atoms with van der Waals surface area (Å²) in [6, 6.07) is 4.54. The third kappa shape index (κ3) is 3.09. The lowest BCUT2D eigenvalue weighted by Gasteiger charge is -2.43. The number of carboxylic acid groups (broad SMARTS) is 1. The van der Waals surface area contributed by atoms with Crippen molar-refractivity contribution in [2.45, 2.75) is 44.4 Å². The Morgan fingerprint density at radius 1 is 1.38 bits per heavy atom. The van der Waals surface area contributed by atoms with E-state index < -0.39 is 11.8 Å². The number of carbonyl (C=O) groups is 1. The van der Waals surface area contributed by atoms with E-state index in [1.54, 1.807) is 6.07 Å². The van der Waals surface area contributed by atoms with Crippen LogP contribution in [0.1, 0.15) is 41.6 Å². The van der Waals surface area contributed by atoms with Gasteiger partial charge < -0.3 is 9.84 Å². The van der Waals surface area contributed by atoms with Crippen molar-refractivity contribution in [2.75, 3.05) is 13.2 Å². The molecule has 114 valence electrons. The molecule has 0 bridgehead atoms. The SMILES string of the molecule is O=C(O)c1ccc(CN2CCOC3CCCCC32)c(F)c1. The molecule has 1 heterocycles. The molecule has 1 aromatic carbocycles. The maximum absolute atomic E-state index is 14.1. The van der Waals surface area contributed by atoms with Crippen LogP contribution in [-0.2, 0) is 11.3 Å². The molecule has 0 amide bonds. The van der Waals surface area contributed by atoms with E-state index in [1.165, 1.54) is 18.9 Å². The van der Waals surface area contributed by atoms with E-state index in [1.807, 2.05) is 0 Å². The van der Waals surface area contributed by atoms with Gasteiger partial charge in [-0.1, -0.05) is 18.9 Å². The summed E-state index contributed by atoms with van der Waals surface area (Å²) in [5, 5.41) is 8.88. The Kier molecular flexibility index (Phi) is 4.22. The van der Waals surface area contributed by atoms with Gasteiger partial charge in [-0.05, 0) is 25.0 Å². The van der Waals surface area contributed by atoms with E-state index in [4.69, 9.17) is 9.84 Å². The third-order valence-corrected chi connectivity index (χ3v) is 4.52. The molecule has 2 unspecified atom stereocenters. The molecule has 1 saturated heterocycles. The molecule has 1 aliphatic carbocycles. The van der Waals surface area contributed by atoms with E-state index in [2.05, 4.69) is 4.90 Å². The molecule has 1 N–H and O–H groups in total. The molecule has 0 aromatic heterocycles. The largest absolute Gasteiger partial charge is 0.478 e. The normalized spacial score (nSPS) is 26.3. The predicted molar refractivity (Wildman–Crippen MR) is 75.8 cm³/mol. The summed E-state index contributed by atoms with van der Waals surface area (Å²) >= 11 is 0. The highest BCUT2D eigenvalue weighted by Gasteiger charge is 2.34. The van der Waals surface area contributed by atoms with E-state index in [-0.39, 0.29) is 11.7 Å². The molecule has 0 radical (unpaired) electrons. The number of ether oxygens (including phenoxy) is 1. The maximum Gasteiger partial charge on any atom is 0.335 e. The zero-order valence-electron chi connectivity index (χ0n) is 11.9. The van der Waals surface area contributed by atoms with Crippen LogP contribution in [0.2, 0.25) is 0 Å². The van der Waals surface area contributed by atoms with Gasteiger partial charge in [-0.3, -0.25) is 4.90 Å². The number of rotatable bonds is 3. The molecule has 1 aliphatic heterocycles.